The Labute approximate surface area is 112 Å². The monoisotopic (exact) mass is 258 g/mol. The molecule has 1 aliphatic carbocycles. The van der Waals surface area contributed by atoms with Crippen molar-refractivity contribution in [1.29, 1.82) is 0 Å². The molecule has 0 saturated carbocycles. The minimum atomic E-state index is 0.267. The Balaban J connectivity index is 1.74. The summed E-state index contributed by atoms with van der Waals surface area (Å²) in [6.45, 7) is 2.51. The maximum absolute atomic E-state index is 9.64. The number of nitrogens with zero attached hydrogens (tertiary/aromatic N) is 1. The normalized spacial score (nSPS) is 18.3. The highest BCUT2D eigenvalue weighted by molar-refractivity contribution is 5.38. The molecule has 2 aromatic rings. The second-order valence-electron chi connectivity index (χ2n) is 5.07. The van der Waals surface area contributed by atoms with Gasteiger partial charge < -0.3 is 14.8 Å². The second-order valence-corrected chi connectivity index (χ2v) is 5.07. The van der Waals surface area contributed by atoms with E-state index in [0.29, 0.717) is 18.2 Å². The molecule has 100 valence electrons. The Bertz CT molecular complexity index is 577. The van der Waals surface area contributed by atoms with E-state index in [0.717, 1.165) is 18.6 Å². The summed E-state index contributed by atoms with van der Waals surface area (Å²) in [5.41, 5.74) is 2.53. The first-order valence-corrected chi connectivity index (χ1v) is 6.69. The van der Waals surface area contributed by atoms with Gasteiger partial charge in [0.2, 0.25) is 5.89 Å². The second kappa shape index (κ2) is 5.05. The van der Waals surface area contributed by atoms with Crippen LogP contribution in [0.15, 0.2) is 28.8 Å². The average molecular weight is 258 g/mol. The number of aromatic hydroxyl groups is 1. The topological polar surface area (TPSA) is 58.3 Å². The molecule has 0 amide bonds. The van der Waals surface area contributed by atoms with E-state index in [-0.39, 0.29) is 6.04 Å². The highest BCUT2D eigenvalue weighted by atomic mass is 16.4. The minimum Gasteiger partial charge on any atom is -0.508 e. The van der Waals surface area contributed by atoms with E-state index in [1.54, 1.807) is 12.3 Å². The molecular formula is C15H18N2O2. The van der Waals surface area contributed by atoms with E-state index < -0.39 is 0 Å². The lowest BCUT2D eigenvalue weighted by molar-refractivity contribution is 0.399. The van der Waals surface area contributed by atoms with Crippen molar-refractivity contribution >= 4 is 0 Å². The molecule has 1 aliphatic rings. The molecule has 19 heavy (non-hydrogen) atoms. The first-order valence-electron chi connectivity index (χ1n) is 6.69. The van der Waals surface area contributed by atoms with E-state index in [2.05, 4.69) is 10.3 Å². The van der Waals surface area contributed by atoms with Crippen LogP contribution >= 0.6 is 0 Å². The largest absolute Gasteiger partial charge is 0.508 e. The molecular weight excluding hydrogens is 240 g/mol. The Morgan fingerprint density at radius 1 is 1.47 bits per heavy atom. The zero-order valence-electron chi connectivity index (χ0n) is 11.0. The Morgan fingerprint density at radius 3 is 3.16 bits per heavy atom. The molecule has 4 heteroatoms. The molecule has 1 aromatic heterocycles. The van der Waals surface area contributed by atoms with Crippen LogP contribution in [0.2, 0.25) is 0 Å². The molecule has 1 unspecified atom stereocenters. The number of rotatable bonds is 3. The molecule has 1 atom stereocenters. The van der Waals surface area contributed by atoms with Crippen LogP contribution in [-0.2, 0) is 13.0 Å². The predicted octanol–water partition coefficient (Wildman–Crippen LogP) is 2.86. The quantitative estimate of drug-likeness (QED) is 0.888. The zero-order valence-corrected chi connectivity index (χ0v) is 11.0. The number of nitrogens with one attached hydrogen (secondary N) is 1. The van der Waals surface area contributed by atoms with Crippen molar-refractivity contribution in [1.82, 2.24) is 10.3 Å². The van der Waals surface area contributed by atoms with Crippen molar-refractivity contribution in [3.8, 4) is 5.75 Å². The molecule has 0 aliphatic heterocycles. The van der Waals surface area contributed by atoms with Gasteiger partial charge in [0.25, 0.3) is 0 Å². The van der Waals surface area contributed by atoms with Gasteiger partial charge in [0.1, 0.15) is 11.5 Å². The lowest BCUT2D eigenvalue weighted by Gasteiger charge is -2.26. The summed E-state index contributed by atoms with van der Waals surface area (Å²) >= 11 is 0. The number of benzene rings is 1. The first-order chi connectivity index (χ1) is 9.22. The van der Waals surface area contributed by atoms with Crippen LogP contribution in [0.4, 0.5) is 0 Å². The van der Waals surface area contributed by atoms with E-state index >= 15 is 0 Å². The Morgan fingerprint density at radius 2 is 2.37 bits per heavy atom. The van der Waals surface area contributed by atoms with Crippen molar-refractivity contribution in [2.24, 2.45) is 0 Å². The minimum absolute atomic E-state index is 0.267. The third-order valence-electron chi connectivity index (χ3n) is 3.61. The summed E-state index contributed by atoms with van der Waals surface area (Å²) < 4.78 is 5.46. The van der Waals surface area contributed by atoms with Crippen molar-refractivity contribution in [3.05, 3.63) is 47.2 Å². The fraction of sp³-hybridized carbons (Fsp3) is 0.400. The number of hydrogen-bond donors (Lipinski definition) is 2. The SMILES string of the molecule is Cc1cnc(CNC2CCCc3ccc(O)cc32)o1. The lowest BCUT2D eigenvalue weighted by atomic mass is 9.87. The van der Waals surface area contributed by atoms with E-state index in [4.69, 9.17) is 4.42 Å². The van der Waals surface area contributed by atoms with Gasteiger partial charge in [-0.05, 0) is 49.4 Å². The smallest absolute Gasteiger partial charge is 0.208 e. The van der Waals surface area contributed by atoms with Gasteiger partial charge in [0.05, 0.1) is 12.7 Å². The van der Waals surface area contributed by atoms with Crippen LogP contribution in [0.25, 0.3) is 0 Å². The van der Waals surface area contributed by atoms with Gasteiger partial charge in [-0.15, -0.1) is 0 Å². The maximum atomic E-state index is 9.64. The summed E-state index contributed by atoms with van der Waals surface area (Å²) in [5, 5.41) is 13.1. The van der Waals surface area contributed by atoms with E-state index in [1.807, 2.05) is 19.1 Å². The zero-order chi connectivity index (χ0) is 13.2. The van der Waals surface area contributed by atoms with Crippen molar-refractivity contribution in [3.63, 3.8) is 0 Å². The molecule has 0 saturated heterocycles. The highest BCUT2D eigenvalue weighted by Gasteiger charge is 2.20. The van der Waals surface area contributed by atoms with Crippen LogP contribution in [0, 0.1) is 6.92 Å². The van der Waals surface area contributed by atoms with Crippen LogP contribution in [-0.4, -0.2) is 10.1 Å². The fourth-order valence-electron chi connectivity index (χ4n) is 2.69. The summed E-state index contributed by atoms with van der Waals surface area (Å²) in [7, 11) is 0. The van der Waals surface area contributed by atoms with Crippen molar-refractivity contribution < 1.29 is 9.52 Å². The number of oxazole rings is 1. The molecule has 1 aromatic carbocycles. The van der Waals surface area contributed by atoms with Crippen LogP contribution < -0.4 is 5.32 Å². The standard InChI is InChI=1S/C15H18N2O2/c1-10-8-17-15(19-10)9-16-14-4-2-3-11-5-6-12(18)7-13(11)14/h5-8,14,16,18H,2-4,9H2,1H3. The fourth-order valence-corrected chi connectivity index (χ4v) is 2.69. The molecule has 0 bridgehead atoms. The molecule has 1 heterocycles. The van der Waals surface area contributed by atoms with Gasteiger partial charge in [-0.25, -0.2) is 4.98 Å². The molecule has 2 N–H and O–H groups in total. The molecule has 0 radical (unpaired) electrons. The molecule has 0 spiro atoms. The van der Waals surface area contributed by atoms with E-state index in [1.165, 1.54) is 17.5 Å². The molecule has 0 fully saturated rings. The van der Waals surface area contributed by atoms with Gasteiger partial charge in [0.15, 0.2) is 0 Å². The maximum Gasteiger partial charge on any atom is 0.208 e. The van der Waals surface area contributed by atoms with Crippen LogP contribution in [0.3, 0.4) is 0 Å². The molecule has 3 rings (SSSR count). The van der Waals surface area contributed by atoms with Crippen molar-refractivity contribution in [2.45, 2.75) is 38.8 Å². The van der Waals surface area contributed by atoms with Crippen molar-refractivity contribution in [2.75, 3.05) is 0 Å². The number of aryl methyl sites for hydroxylation is 2. The lowest BCUT2D eigenvalue weighted by Crippen LogP contribution is -2.24. The van der Waals surface area contributed by atoms with Gasteiger partial charge >= 0.3 is 0 Å². The summed E-state index contributed by atoms with van der Waals surface area (Å²) in [5.74, 6) is 1.88. The summed E-state index contributed by atoms with van der Waals surface area (Å²) in [6.07, 6.45) is 5.07. The average Bonchev–Trinajstić information content (AvgIpc) is 2.82. The van der Waals surface area contributed by atoms with Gasteiger partial charge in [-0.3, -0.25) is 0 Å². The number of fused-ring (bicyclic) bond motifs is 1. The van der Waals surface area contributed by atoms with Gasteiger partial charge in [-0.1, -0.05) is 6.07 Å². The third kappa shape index (κ3) is 2.63. The Kier molecular flexibility index (Phi) is 3.25. The van der Waals surface area contributed by atoms with Gasteiger partial charge in [0, 0.05) is 6.04 Å². The summed E-state index contributed by atoms with van der Waals surface area (Å²) in [6, 6.07) is 5.92. The predicted molar refractivity (Wildman–Crippen MR) is 71.9 cm³/mol. The third-order valence-corrected chi connectivity index (χ3v) is 3.61. The number of phenolic OH excluding ortho intramolecular Hbond substituents is 1. The van der Waals surface area contributed by atoms with Crippen LogP contribution in [0.5, 0.6) is 5.75 Å². The van der Waals surface area contributed by atoms with Gasteiger partial charge in [-0.2, -0.15) is 0 Å². The van der Waals surface area contributed by atoms with Crippen LogP contribution in [0.1, 0.15) is 41.7 Å². The molecule has 4 nitrogen and oxygen atoms in total. The highest BCUT2D eigenvalue weighted by Crippen LogP contribution is 2.32. The summed E-state index contributed by atoms with van der Waals surface area (Å²) in [4.78, 5) is 4.20. The Hall–Kier alpha value is -1.81. The number of hydrogen-bond acceptors (Lipinski definition) is 4. The first kappa shape index (κ1) is 12.2. The van der Waals surface area contributed by atoms with E-state index in [9.17, 15) is 5.11 Å². The number of aromatic nitrogens is 1. The number of phenols is 1.